The molecule has 0 aromatic carbocycles. The van der Waals surface area contributed by atoms with Gasteiger partial charge >= 0.3 is 0 Å². The molecule has 0 amide bonds. The van der Waals surface area contributed by atoms with Gasteiger partial charge in [0.2, 0.25) is 0 Å². The molecule has 11 nitrogen and oxygen atoms in total. The van der Waals surface area contributed by atoms with Crippen molar-refractivity contribution in [3.05, 3.63) is 12.3 Å². The van der Waals surface area contributed by atoms with Crippen molar-refractivity contribution in [2.45, 2.75) is 143 Å². The van der Waals surface area contributed by atoms with Crippen molar-refractivity contribution >= 4 is 5.78 Å². The summed E-state index contributed by atoms with van der Waals surface area (Å²) in [7, 11) is 15.6. The van der Waals surface area contributed by atoms with Gasteiger partial charge in [-0.2, -0.15) is 0 Å². The molecule has 5 unspecified atom stereocenters. The van der Waals surface area contributed by atoms with Crippen LogP contribution in [-0.4, -0.2) is 154 Å². The molecule has 1 heterocycles. The summed E-state index contributed by atoms with van der Waals surface area (Å²) in [6.45, 7) is 24.8. The quantitative estimate of drug-likeness (QED) is 0.0878. The van der Waals surface area contributed by atoms with Gasteiger partial charge in [0, 0.05) is 81.7 Å². The first-order valence-corrected chi connectivity index (χ1v) is 18.6. The van der Waals surface area contributed by atoms with Crippen molar-refractivity contribution in [2.24, 2.45) is 0 Å². The molecule has 0 saturated carbocycles. The van der Waals surface area contributed by atoms with Crippen LogP contribution in [0.4, 0.5) is 0 Å². The van der Waals surface area contributed by atoms with Crippen LogP contribution in [0, 0.1) is 0 Å². The molecule has 5 atom stereocenters. The summed E-state index contributed by atoms with van der Waals surface area (Å²) in [6, 6.07) is 0. The number of Topliss-reactive ketones (excluding diaryl/α,β-unsaturated/α-hetero) is 1. The fraction of sp³-hybridized carbons (Fsp3) is 0.923. The maximum atomic E-state index is 10.5. The lowest BCUT2D eigenvalue weighted by atomic mass is 10.1. The number of methoxy groups -OCH3 is 6. The van der Waals surface area contributed by atoms with Gasteiger partial charge in [-0.25, -0.2) is 0 Å². The largest absolute Gasteiger partial charge is 0.502 e. The first-order valence-electron chi connectivity index (χ1n) is 18.6. The van der Waals surface area contributed by atoms with Crippen molar-refractivity contribution in [2.75, 3.05) is 96.6 Å². The summed E-state index contributed by atoms with van der Waals surface area (Å²) in [5.41, 5.74) is 0. The smallest absolute Gasteiger partial charge is 0.132 e. The number of carbonyl (C=O) groups is 1. The van der Waals surface area contributed by atoms with E-state index in [4.69, 9.17) is 38.3 Å². The van der Waals surface area contributed by atoms with Gasteiger partial charge in [-0.15, -0.1) is 0 Å². The second kappa shape index (κ2) is 44.0. The van der Waals surface area contributed by atoms with E-state index >= 15 is 0 Å². The summed E-state index contributed by atoms with van der Waals surface area (Å²) in [6.07, 6.45) is 9.99. The van der Waals surface area contributed by atoms with E-state index < -0.39 is 0 Å². The molecular weight excluding hydrogens is 640 g/mol. The lowest BCUT2D eigenvalue weighted by Gasteiger charge is -2.25. The van der Waals surface area contributed by atoms with Crippen LogP contribution in [-0.2, 0) is 38.0 Å². The average Bonchev–Trinajstić information content (AvgIpc) is 3.96. The highest BCUT2D eigenvalue weighted by Crippen LogP contribution is 2.10. The van der Waals surface area contributed by atoms with Crippen molar-refractivity contribution in [3.63, 3.8) is 0 Å². The van der Waals surface area contributed by atoms with Gasteiger partial charge in [-0.3, -0.25) is 4.79 Å². The monoisotopic (exact) mass is 727 g/mol. The highest BCUT2D eigenvalue weighted by molar-refractivity contribution is 5.75. The Kier molecular flexibility index (Phi) is 51.2. The van der Waals surface area contributed by atoms with Crippen molar-refractivity contribution in [3.8, 4) is 0 Å². The summed E-state index contributed by atoms with van der Waals surface area (Å²) in [5.74, 6) is 1.04. The first-order chi connectivity index (χ1) is 23.8. The minimum atomic E-state index is 0.127. The Bertz CT molecular complexity index is 638. The average molecular weight is 727 g/mol. The number of carbonyl (C=O) groups excluding carboxylic acids is 1. The third-order valence-corrected chi connectivity index (χ3v) is 8.06. The number of ether oxygens (including phenoxy) is 7. The van der Waals surface area contributed by atoms with Gasteiger partial charge in [0.15, 0.2) is 0 Å². The molecule has 1 saturated heterocycles. The third-order valence-electron chi connectivity index (χ3n) is 8.06. The summed E-state index contributed by atoms with van der Waals surface area (Å²) < 4.78 is 35.9. The molecular formula is C39H86N2O9. The molecule has 50 heavy (non-hydrogen) atoms. The van der Waals surface area contributed by atoms with Crippen LogP contribution in [0.2, 0.25) is 0 Å². The van der Waals surface area contributed by atoms with E-state index in [1.165, 1.54) is 0 Å². The molecule has 0 spiro atoms. The molecule has 306 valence electrons. The SMILES string of the molecule is C=C(CC)OC.CCC(CC(C)=O)OC.CCC(CC)OC.CCC(CN(C)CC(CC)OC)OC.CCC(CN(C)CC1CO1)OC.CO. The zero-order valence-corrected chi connectivity index (χ0v) is 36.0. The molecule has 11 heteroatoms. The number of nitrogens with zero attached hydrogens (tertiary/aromatic N) is 2. The molecule has 1 fully saturated rings. The van der Waals surface area contributed by atoms with Crippen LogP contribution >= 0.6 is 0 Å². The molecule has 0 aromatic heterocycles. The first kappa shape index (κ1) is 58.2. The van der Waals surface area contributed by atoms with E-state index in [9.17, 15) is 4.79 Å². The minimum Gasteiger partial charge on any atom is -0.502 e. The van der Waals surface area contributed by atoms with Crippen LogP contribution in [0.5, 0.6) is 0 Å². The zero-order valence-electron chi connectivity index (χ0n) is 36.0. The molecule has 1 rings (SSSR count). The van der Waals surface area contributed by atoms with Crippen molar-refractivity contribution < 1.29 is 43.1 Å². The highest BCUT2D eigenvalue weighted by atomic mass is 16.6. The number of aliphatic hydroxyl groups excluding tert-OH is 1. The molecule has 0 radical (unpaired) electrons. The standard InChI is InChI=1S/C11H25NO2.C9H19NO2.C7H14O2.C6H14O.C5H10O.CH4O/c1-6-10(13-4)8-12(3)9-11(7-2)14-5;1-4-8(11-3)5-10(2)6-9-7-12-9;1-4-7(9-3)5-6(2)8;1-4-6(5-2)7-3;1-4-5(2)6-3;1-2/h10-11H,6-9H2,1-5H3;8-9H,4-7H2,1-3H3;7H,4-5H2,1-3H3;6H,4-5H2,1-3H3;2,4H2,1,3H3;2H,1H3. The topological polar surface area (TPSA) is 112 Å². The molecule has 0 aromatic rings. The van der Waals surface area contributed by atoms with Crippen LogP contribution in [0.1, 0.15) is 107 Å². The highest BCUT2D eigenvalue weighted by Gasteiger charge is 2.24. The number of epoxide rings is 1. The Morgan fingerprint density at radius 2 is 0.980 bits per heavy atom. The van der Waals surface area contributed by atoms with Crippen molar-refractivity contribution in [1.29, 1.82) is 0 Å². The second-order valence-corrected chi connectivity index (χ2v) is 12.1. The van der Waals surface area contributed by atoms with Gasteiger partial charge in [0.1, 0.15) is 5.78 Å². The lowest BCUT2D eigenvalue weighted by molar-refractivity contribution is -0.119. The van der Waals surface area contributed by atoms with Crippen LogP contribution in [0.15, 0.2) is 12.3 Å². The predicted molar refractivity (Wildman–Crippen MR) is 210 cm³/mol. The molecule has 1 aliphatic rings. The molecule has 0 bridgehead atoms. The number of hydrogen-bond acceptors (Lipinski definition) is 11. The number of rotatable bonds is 23. The maximum Gasteiger partial charge on any atom is 0.132 e. The van der Waals surface area contributed by atoms with E-state index in [1.807, 2.05) is 13.8 Å². The molecule has 1 aliphatic heterocycles. The van der Waals surface area contributed by atoms with Crippen molar-refractivity contribution in [1.82, 2.24) is 9.80 Å². The van der Waals surface area contributed by atoms with Gasteiger partial charge in [-0.05, 0) is 59.5 Å². The number of likely N-dealkylation sites (N-methyl/N-ethyl adjacent to an activating group) is 2. The van der Waals surface area contributed by atoms with Gasteiger partial charge in [0.25, 0.3) is 0 Å². The van der Waals surface area contributed by atoms with E-state index in [-0.39, 0.29) is 11.9 Å². The Labute approximate surface area is 310 Å². The Morgan fingerprint density at radius 3 is 1.14 bits per heavy atom. The fourth-order valence-electron chi connectivity index (χ4n) is 4.31. The third kappa shape index (κ3) is 43.0. The molecule has 0 aliphatic carbocycles. The molecule has 1 N–H and O–H groups in total. The van der Waals surface area contributed by atoms with Gasteiger partial charge in [0.05, 0.1) is 56.1 Å². The second-order valence-electron chi connectivity index (χ2n) is 12.1. The van der Waals surface area contributed by atoms with Gasteiger partial charge in [-0.1, -0.05) is 55.0 Å². The lowest BCUT2D eigenvalue weighted by Crippen LogP contribution is -2.36. The summed E-state index contributed by atoms with van der Waals surface area (Å²) in [5, 5.41) is 7.00. The van der Waals surface area contributed by atoms with E-state index in [0.29, 0.717) is 36.9 Å². The Balaban J connectivity index is -0.000000172. The zero-order chi connectivity index (χ0) is 39.9. The Hall–Kier alpha value is -1.15. The van der Waals surface area contributed by atoms with Crippen LogP contribution in [0.3, 0.4) is 0 Å². The predicted octanol–water partition coefficient (Wildman–Crippen LogP) is 6.89. The fourth-order valence-corrected chi connectivity index (χ4v) is 4.31. The Morgan fingerprint density at radius 1 is 0.660 bits per heavy atom. The number of hydrogen-bond donors (Lipinski definition) is 1. The van der Waals surface area contributed by atoms with E-state index in [2.05, 4.69) is 65.1 Å². The van der Waals surface area contributed by atoms with E-state index in [1.54, 1.807) is 49.6 Å². The number of allylic oxidation sites excluding steroid dienone is 1. The minimum absolute atomic E-state index is 0.127. The van der Waals surface area contributed by atoms with Gasteiger partial charge < -0.3 is 48.1 Å². The van der Waals surface area contributed by atoms with Crippen LogP contribution in [0.25, 0.3) is 0 Å². The van der Waals surface area contributed by atoms with Crippen LogP contribution < -0.4 is 0 Å². The summed E-state index contributed by atoms with van der Waals surface area (Å²) >= 11 is 0. The van der Waals surface area contributed by atoms with E-state index in [0.717, 1.165) is 90.6 Å². The number of ketones is 1. The summed E-state index contributed by atoms with van der Waals surface area (Å²) in [4.78, 5) is 15.0. The number of aliphatic hydroxyl groups is 1. The maximum absolute atomic E-state index is 10.5. The normalized spacial score (nSPS) is 15.2.